The Morgan fingerprint density at radius 3 is 2.40 bits per heavy atom. The van der Waals surface area contributed by atoms with Crippen LogP contribution in [0, 0.1) is 0 Å². The molecule has 158 valence electrons. The molecule has 2 aromatic carbocycles. The van der Waals surface area contributed by atoms with E-state index in [4.69, 9.17) is 0 Å². The van der Waals surface area contributed by atoms with Gasteiger partial charge in [-0.1, -0.05) is 36.4 Å². The summed E-state index contributed by atoms with van der Waals surface area (Å²) >= 11 is 0. The predicted molar refractivity (Wildman–Crippen MR) is 112 cm³/mol. The van der Waals surface area contributed by atoms with E-state index in [1.807, 2.05) is 36.4 Å². The molecule has 0 aliphatic carbocycles. The van der Waals surface area contributed by atoms with Gasteiger partial charge in [0.2, 0.25) is 15.9 Å². The maximum atomic E-state index is 12.4. The Balaban J connectivity index is 1.58. The van der Waals surface area contributed by atoms with Gasteiger partial charge in [-0.3, -0.25) is 4.79 Å². The molecule has 0 aliphatic heterocycles. The third-order valence-electron chi connectivity index (χ3n) is 4.27. The number of carbonyl (C=O) groups is 1. The van der Waals surface area contributed by atoms with Gasteiger partial charge in [0.25, 0.3) is 0 Å². The zero-order valence-corrected chi connectivity index (χ0v) is 17.6. The van der Waals surface area contributed by atoms with Crippen molar-refractivity contribution in [3.63, 3.8) is 0 Å². The summed E-state index contributed by atoms with van der Waals surface area (Å²) in [6, 6.07) is 14.4. The number of hydrogen-bond donors (Lipinski definition) is 2. The molecule has 3 aromatic rings. The van der Waals surface area contributed by atoms with E-state index in [0.717, 1.165) is 16.8 Å². The Bertz CT molecular complexity index is 1080. The van der Waals surface area contributed by atoms with E-state index < -0.39 is 10.0 Å². The van der Waals surface area contributed by atoms with Gasteiger partial charge in [-0.25, -0.2) is 17.8 Å². The Morgan fingerprint density at radius 1 is 1.07 bits per heavy atom. The molecule has 0 radical (unpaired) electrons. The lowest BCUT2D eigenvalue weighted by molar-refractivity contribution is -0.120. The van der Waals surface area contributed by atoms with Crippen molar-refractivity contribution in [1.82, 2.24) is 30.2 Å². The van der Waals surface area contributed by atoms with Gasteiger partial charge in [0.1, 0.15) is 6.33 Å². The summed E-state index contributed by atoms with van der Waals surface area (Å²) in [5, 5.41) is 13.9. The molecule has 1 amide bonds. The maximum absolute atomic E-state index is 12.4. The van der Waals surface area contributed by atoms with Crippen molar-refractivity contribution in [2.24, 2.45) is 0 Å². The molecule has 0 aliphatic rings. The first-order valence-corrected chi connectivity index (χ1v) is 11.1. The molecule has 0 unspecified atom stereocenters. The minimum atomic E-state index is -3.44. The van der Waals surface area contributed by atoms with Gasteiger partial charge < -0.3 is 5.32 Å². The lowest BCUT2D eigenvalue weighted by Crippen LogP contribution is -2.32. The summed E-state index contributed by atoms with van der Waals surface area (Å²) < 4.78 is 28.6. The largest absolute Gasteiger partial charge is 0.352 e. The van der Waals surface area contributed by atoms with E-state index in [1.165, 1.54) is 11.0 Å². The summed E-state index contributed by atoms with van der Waals surface area (Å²) in [6.45, 7) is 3.81. The monoisotopic (exact) mass is 428 g/mol. The molecular formula is C20H24N6O3S. The molecule has 30 heavy (non-hydrogen) atoms. The number of carbonyl (C=O) groups excluding carboxylic acids is 1. The molecular weight excluding hydrogens is 404 g/mol. The average Bonchev–Trinajstić information content (AvgIpc) is 3.21. The number of nitrogens with zero attached hydrogens (tertiary/aromatic N) is 4. The van der Waals surface area contributed by atoms with E-state index in [-0.39, 0.29) is 30.7 Å². The molecule has 1 heterocycles. The molecule has 0 saturated heterocycles. The fraction of sp³-hybridized carbons (Fsp3) is 0.300. The number of aromatic nitrogens is 4. The van der Waals surface area contributed by atoms with Crippen molar-refractivity contribution in [3.8, 4) is 5.69 Å². The summed E-state index contributed by atoms with van der Waals surface area (Å²) in [5.41, 5.74) is 3.08. The van der Waals surface area contributed by atoms with Crippen molar-refractivity contribution < 1.29 is 13.2 Å². The van der Waals surface area contributed by atoms with Gasteiger partial charge in [0.15, 0.2) is 0 Å². The molecule has 0 bridgehead atoms. The first-order valence-electron chi connectivity index (χ1n) is 9.48. The molecule has 3 rings (SSSR count). The van der Waals surface area contributed by atoms with Gasteiger partial charge in [-0.05, 0) is 53.1 Å². The highest BCUT2D eigenvalue weighted by Gasteiger charge is 2.15. The van der Waals surface area contributed by atoms with Crippen LogP contribution in [0.1, 0.15) is 30.5 Å². The highest BCUT2D eigenvalue weighted by Crippen LogP contribution is 2.13. The summed E-state index contributed by atoms with van der Waals surface area (Å²) in [6.07, 6.45) is 1.71. The number of hydrogen-bond acceptors (Lipinski definition) is 6. The van der Waals surface area contributed by atoms with Gasteiger partial charge in [0.05, 0.1) is 17.9 Å². The zero-order valence-electron chi connectivity index (χ0n) is 16.8. The van der Waals surface area contributed by atoms with Crippen LogP contribution in [0.3, 0.4) is 0 Å². The van der Waals surface area contributed by atoms with E-state index in [1.54, 1.807) is 26.0 Å². The lowest BCUT2D eigenvalue weighted by atomic mass is 10.1. The zero-order chi connectivity index (χ0) is 21.6. The molecule has 0 saturated carbocycles. The van der Waals surface area contributed by atoms with Crippen LogP contribution < -0.4 is 10.0 Å². The van der Waals surface area contributed by atoms with Gasteiger partial charge in [0, 0.05) is 12.6 Å². The second-order valence-corrected chi connectivity index (χ2v) is 8.93. The number of nitrogens with one attached hydrogen (secondary N) is 2. The Labute approximate surface area is 175 Å². The van der Waals surface area contributed by atoms with Crippen molar-refractivity contribution in [1.29, 1.82) is 0 Å². The lowest BCUT2D eigenvalue weighted by Gasteiger charge is -2.13. The van der Waals surface area contributed by atoms with Crippen LogP contribution in [-0.4, -0.2) is 40.6 Å². The summed E-state index contributed by atoms with van der Waals surface area (Å²) in [5.74, 6) is -0.279. The second kappa shape index (κ2) is 9.59. The molecule has 0 fully saturated rings. The van der Waals surface area contributed by atoms with Crippen LogP contribution in [0.15, 0.2) is 54.9 Å². The highest BCUT2D eigenvalue weighted by molar-refractivity contribution is 7.88. The summed E-state index contributed by atoms with van der Waals surface area (Å²) in [7, 11) is -3.44. The van der Waals surface area contributed by atoms with Crippen molar-refractivity contribution in [2.45, 2.75) is 38.6 Å². The molecule has 10 heteroatoms. The minimum absolute atomic E-state index is 0.129. The van der Waals surface area contributed by atoms with Gasteiger partial charge in [-0.2, -0.15) is 0 Å². The van der Waals surface area contributed by atoms with Crippen LogP contribution >= 0.6 is 0 Å². The van der Waals surface area contributed by atoms with Crippen LogP contribution in [0.4, 0.5) is 0 Å². The third kappa shape index (κ3) is 6.19. The average molecular weight is 429 g/mol. The second-order valence-electron chi connectivity index (χ2n) is 7.17. The fourth-order valence-electron chi connectivity index (χ4n) is 2.96. The molecule has 0 spiro atoms. The number of tetrazole rings is 1. The maximum Gasteiger partial charge on any atom is 0.224 e. The smallest absolute Gasteiger partial charge is 0.224 e. The van der Waals surface area contributed by atoms with Crippen molar-refractivity contribution >= 4 is 15.9 Å². The minimum Gasteiger partial charge on any atom is -0.352 e. The number of rotatable bonds is 9. The SMILES string of the molecule is CC(C)NS(=O)(=O)Cc1ccccc1CNC(=O)Cc1ccc(-n2cnnn2)cc1. The number of amides is 1. The number of sulfonamides is 1. The van der Waals surface area contributed by atoms with Gasteiger partial charge in [-0.15, -0.1) is 5.10 Å². The quantitative estimate of drug-likeness (QED) is 0.531. The van der Waals surface area contributed by atoms with Crippen LogP contribution in [0.5, 0.6) is 0 Å². The first-order chi connectivity index (χ1) is 14.3. The first kappa shape index (κ1) is 21.6. The van der Waals surface area contributed by atoms with Crippen LogP contribution in [0.25, 0.3) is 5.69 Å². The predicted octanol–water partition coefficient (Wildman–Crippen LogP) is 1.35. The van der Waals surface area contributed by atoms with E-state index in [0.29, 0.717) is 5.56 Å². The standard InChI is InChI=1S/C20H24N6O3S/c1-15(2)23-30(28,29)13-18-6-4-3-5-17(18)12-21-20(27)11-16-7-9-19(10-8-16)26-14-22-24-25-26/h3-10,14-15,23H,11-13H2,1-2H3,(H,21,27). The molecule has 2 N–H and O–H groups in total. The van der Waals surface area contributed by atoms with E-state index in [9.17, 15) is 13.2 Å². The molecule has 9 nitrogen and oxygen atoms in total. The normalized spacial score (nSPS) is 11.6. The Kier molecular flexibility index (Phi) is 6.91. The molecule has 1 aromatic heterocycles. The Hall–Kier alpha value is -3.11. The number of benzene rings is 2. The summed E-state index contributed by atoms with van der Waals surface area (Å²) in [4.78, 5) is 12.4. The van der Waals surface area contributed by atoms with Crippen molar-refractivity contribution in [2.75, 3.05) is 0 Å². The van der Waals surface area contributed by atoms with Crippen molar-refractivity contribution in [3.05, 3.63) is 71.5 Å². The Morgan fingerprint density at radius 2 is 1.77 bits per heavy atom. The van der Waals surface area contributed by atoms with E-state index >= 15 is 0 Å². The highest BCUT2D eigenvalue weighted by atomic mass is 32.2. The van der Waals surface area contributed by atoms with Crippen LogP contribution in [0.2, 0.25) is 0 Å². The fourth-order valence-corrected chi connectivity index (χ4v) is 4.46. The molecule has 0 atom stereocenters. The van der Waals surface area contributed by atoms with Gasteiger partial charge >= 0.3 is 0 Å². The topological polar surface area (TPSA) is 119 Å². The van der Waals surface area contributed by atoms with E-state index in [2.05, 4.69) is 25.6 Å². The van der Waals surface area contributed by atoms with Crippen LogP contribution in [-0.2, 0) is 33.5 Å². The third-order valence-corrected chi connectivity index (χ3v) is 5.79.